The number of carbonyl (C=O) groups is 3. The summed E-state index contributed by atoms with van der Waals surface area (Å²) in [5, 5.41) is 5.43. The van der Waals surface area contributed by atoms with Crippen LogP contribution < -0.4 is 15.5 Å². The minimum atomic E-state index is -0.476. The summed E-state index contributed by atoms with van der Waals surface area (Å²) in [5.41, 5.74) is 1.68. The molecule has 0 radical (unpaired) electrons. The van der Waals surface area contributed by atoms with E-state index in [1.54, 1.807) is 29.2 Å². The van der Waals surface area contributed by atoms with Crippen molar-refractivity contribution < 1.29 is 19.1 Å². The third kappa shape index (κ3) is 6.39. The SMILES string of the molecule is CCN(C(=O)c1ccccc1NC(=S)NC(=O)CCC(=O)OC)c1ccccc1. The zero-order valence-electron chi connectivity index (χ0n) is 16.3. The van der Waals surface area contributed by atoms with E-state index in [2.05, 4.69) is 15.4 Å². The van der Waals surface area contributed by atoms with Crippen molar-refractivity contribution in [3.8, 4) is 0 Å². The zero-order valence-corrected chi connectivity index (χ0v) is 17.1. The molecule has 0 aliphatic rings. The van der Waals surface area contributed by atoms with Crippen LogP contribution in [0.5, 0.6) is 0 Å². The minimum absolute atomic E-state index is 0.0391. The van der Waals surface area contributed by atoms with Crippen molar-refractivity contribution in [2.75, 3.05) is 23.9 Å². The van der Waals surface area contributed by atoms with Gasteiger partial charge in [-0.05, 0) is 43.4 Å². The van der Waals surface area contributed by atoms with Gasteiger partial charge < -0.3 is 20.3 Å². The van der Waals surface area contributed by atoms with Crippen LogP contribution >= 0.6 is 12.2 Å². The highest BCUT2D eigenvalue weighted by Gasteiger charge is 2.19. The fourth-order valence-electron chi connectivity index (χ4n) is 2.64. The number of methoxy groups -OCH3 is 1. The van der Waals surface area contributed by atoms with Gasteiger partial charge in [-0.15, -0.1) is 0 Å². The molecule has 2 aromatic rings. The van der Waals surface area contributed by atoms with Crippen molar-refractivity contribution in [2.24, 2.45) is 0 Å². The fraction of sp³-hybridized carbons (Fsp3) is 0.238. The molecular weight excluding hydrogens is 390 g/mol. The Morgan fingerprint density at radius 2 is 1.66 bits per heavy atom. The second kappa shape index (κ2) is 10.9. The zero-order chi connectivity index (χ0) is 21.2. The maximum Gasteiger partial charge on any atom is 0.306 e. The Labute approximate surface area is 175 Å². The van der Waals surface area contributed by atoms with Gasteiger partial charge in [0.05, 0.1) is 24.8 Å². The van der Waals surface area contributed by atoms with E-state index in [9.17, 15) is 14.4 Å². The van der Waals surface area contributed by atoms with Crippen LogP contribution in [-0.4, -0.2) is 36.6 Å². The predicted octanol–water partition coefficient (Wildman–Crippen LogP) is 3.12. The highest BCUT2D eigenvalue weighted by atomic mass is 32.1. The molecule has 7 nitrogen and oxygen atoms in total. The largest absolute Gasteiger partial charge is 0.469 e. The number of rotatable bonds is 7. The molecule has 2 amide bonds. The predicted molar refractivity (Wildman–Crippen MR) is 116 cm³/mol. The molecule has 0 saturated carbocycles. The lowest BCUT2D eigenvalue weighted by Gasteiger charge is -2.22. The quantitative estimate of drug-likeness (QED) is 0.536. The van der Waals surface area contributed by atoms with Crippen LogP contribution in [0.2, 0.25) is 0 Å². The number of hydrogen-bond donors (Lipinski definition) is 2. The van der Waals surface area contributed by atoms with Crippen LogP contribution in [0.15, 0.2) is 54.6 Å². The summed E-state index contributed by atoms with van der Waals surface area (Å²) >= 11 is 5.17. The van der Waals surface area contributed by atoms with E-state index >= 15 is 0 Å². The summed E-state index contributed by atoms with van der Waals surface area (Å²) in [4.78, 5) is 37.8. The Bertz CT molecular complexity index is 887. The second-order valence-corrected chi connectivity index (χ2v) is 6.42. The standard InChI is InChI=1S/C21H23N3O4S/c1-3-24(15-9-5-4-6-10-15)20(27)16-11-7-8-12-17(16)22-21(29)23-18(25)13-14-19(26)28-2/h4-12H,3,13-14H2,1-2H3,(H2,22,23,25,29). The smallest absolute Gasteiger partial charge is 0.306 e. The number of benzene rings is 2. The number of anilines is 2. The third-order valence-corrected chi connectivity index (χ3v) is 4.28. The molecule has 0 aliphatic heterocycles. The Morgan fingerprint density at radius 1 is 1.00 bits per heavy atom. The molecule has 2 N–H and O–H groups in total. The molecule has 0 unspecified atom stereocenters. The van der Waals surface area contributed by atoms with Gasteiger partial charge in [-0.3, -0.25) is 14.4 Å². The Morgan fingerprint density at radius 3 is 2.31 bits per heavy atom. The van der Waals surface area contributed by atoms with Crippen LogP contribution in [0.25, 0.3) is 0 Å². The lowest BCUT2D eigenvalue weighted by atomic mass is 10.1. The first-order chi connectivity index (χ1) is 14.0. The lowest BCUT2D eigenvalue weighted by molar-refractivity contribution is -0.142. The lowest BCUT2D eigenvalue weighted by Crippen LogP contribution is -2.36. The van der Waals surface area contributed by atoms with Crippen molar-refractivity contribution >= 4 is 46.5 Å². The third-order valence-electron chi connectivity index (χ3n) is 4.07. The topological polar surface area (TPSA) is 87.7 Å². The number of carbonyl (C=O) groups excluding carboxylic acids is 3. The first kappa shape index (κ1) is 22.0. The first-order valence-electron chi connectivity index (χ1n) is 9.09. The number of esters is 1. The van der Waals surface area contributed by atoms with Crippen molar-refractivity contribution in [3.05, 3.63) is 60.2 Å². The molecule has 0 saturated heterocycles. The average Bonchev–Trinajstić information content (AvgIpc) is 2.73. The van der Waals surface area contributed by atoms with Crippen LogP contribution in [0.4, 0.5) is 11.4 Å². The number of nitrogens with one attached hydrogen (secondary N) is 2. The van der Waals surface area contributed by atoms with E-state index in [0.29, 0.717) is 17.8 Å². The van der Waals surface area contributed by atoms with E-state index in [4.69, 9.17) is 12.2 Å². The van der Waals surface area contributed by atoms with Crippen molar-refractivity contribution in [2.45, 2.75) is 19.8 Å². The molecule has 0 spiro atoms. The number of amides is 2. The Hall–Kier alpha value is -3.26. The molecule has 2 aromatic carbocycles. The number of thiocarbonyl (C=S) groups is 1. The van der Waals surface area contributed by atoms with E-state index in [1.165, 1.54) is 7.11 Å². The molecule has 152 valence electrons. The number of hydrogen-bond acceptors (Lipinski definition) is 5. The maximum absolute atomic E-state index is 13.1. The van der Waals surface area contributed by atoms with E-state index in [-0.39, 0.29) is 23.9 Å². The summed E-state index contributed by atoms with van der Waals surface area (Å²) in [6, 6.07) is 16.3. The van der Waals surface area contributed by atoms with Gasteiger partial charge in [0.1, 0.15) is 0 Å². The Kier molecular flexibility index (Phi) is 8.29. The molecular formula is C21H23N3O4S. The summed E-state index contributed by atoms with van der Waals surface area (Å²) in [7, 11) is 1.26. The van der Waals surface area contributed by atoms with Gasteiger partial charge in [0.15, 0.2) is 5.11 Å². The van der Waals surface area contributed by atoms with E-state index in [0.717, 1.165) is 5.69 Å². The van der Waals surface area contributed by atoms with Crippen molar-refractivity contribution in [3.63, 3.8) is 0 Å². The second-order valence-electron chi connectivity index (χ2n) is 6.01. The number of ether oxygens (including phenoxy) is 1. The highest BCUT2D eigenvalue weighted by molar-refractivity contribution is 7.80. The summed E-state index contributed by atoms with van der Waals surface area (Å²) < 4.78 is 4.50. The molecule has 0 aliphatic carbocycles. The number of para-hydroxylation sites is 2. The number of nitrogens with zero attached hydrogens (tertiary/aromatic N) is 1. The normalized spacial score (nSPS) is 10.0. The Balaban J connectivity index is 2.10. The molecule has 0 bridgehead atoms. The van der Waals surface area contributed by atoms with Gasteiger partial charge in [0.2, 0.25) is 5.91 Å². The molecule has 0 heterocycles. The van der Waals surface area contributed by atoms with Crippen LogP contribution in [0, 0.1) is 0 Å². The van der Waals surface area contributed by atoms with Crippen LogP contribution in [0.1, 0.15) is 30.1 Å². The van der Waals surface area contributed by atoms with Gasteiger partial charge in [0, 0.05) is 18.7 Å². The van der Waals surface area contributed by atoms with Gasteiger partial charge >= 0.3 is 5.97 Å². The van der Waals surface area contributed by atoms with Gasteiger partial charge in [0.25, 0.3) is 5.91 Å². The maximum atomic E-state index is 13.1. The first-order valence-corrected chi connectivity index (χ1v) is 9.50. The van der Waals surface area contributed by atoms with Crippen LogP contribution in [-0.2, 0) is 14.3 Å². The molecule has 2 rings (SSSR count). The minimum Gasteiger partial charge on any atom is -0.469 e. The monoisotopic (exact) mass is 413 g/mol. The molecule has 0 aromatic heterocycles. The molecule has 29 heavy (non-hydrogen) atoms. The van der Waals surface area contributed by atoms with Crippen molar-refractivity contribution in [1.29, 1.82) is 0 Å². The van der Waals surface area contributed by atoms with Gasteiger partial charge in [-0.1, -0.05) is 30.3 Å². The highest BCUT2D eigenvalue weighted by Crippen LogP contribution is 2.21. The molecule has 8 heteroatoms. The van der Waals surface area contributed by atoms with Gasteiger partial charge in [-0.2, -0.15) is 0 Å². The van der Waals surface area contributed by atoms with E-state index in [1.807, 2.05) is 37.3 Å². The van der Waals surface area contributed by atoms with Gasteiger partial charge in [-0.25, -0.2) is 0 Å². The summed E-state index contributed by atoms with van der Waals surface area (Å²) in [6.07, 6.45) is -0.0881. The van der Waals surface area contributed by atoms with Crippen molar-refractivity contribution in [1.82, 2.24) is 5.32 Å². The van der Waals surface area contributed by atoms with Crippen LogP contribution in [0.3, 0.4) is 0 Å². The summed E-state index contributed by atoms with van der Waals surface area (Å²) in [5.74, 6) is -1.09. The average molecular weight is 413 g/mol. The van der Waals surface area contributed by atoms with E-state index < -0.39 is 11.9 Å². The molecule has 0 atom stereocenters. The fourth-order valence-corrected chi connectivity index (χ4v) is 2.86. The molecule has 0 fully saturated rings. The summed E-state index contributed by atoms with van der Waals surface area (Å²) in [6.45, 7) is 2.39.